The van der Waals surface area contributed by atoms with Crippen LogP contribution in [0.1, 0.15) is 104 Å². The standard InChI is InChI=1S/C36H45N11O2S/c1-20-23-18-39-43-35(23)48-16-8-15-46(20)33-25-19-40-47(21(2)26-10-7-14-45(26)4)34(25)42-32(41-33)29-22-9-5-12-36(30(22)49-44-29)13-6-11-27-28(36)24(17-38-3)31(37)50-27/h17-21,26H,5-16,37H2,1-4H3,(H,39,43)/t20-,21+,26+,36+/m1/s1. The molecule has 50 heavy (non-hydrogen) atoms. The molecule has 1 spiro atoms. The van der Waals surface area contributed by atoms with E-state index in [-0.39, 0.29) is 17.5 Å². The molecule has 13 nitrogen and oxygen atoms in total. The van der Waals surface area contributed by atoms with Crippen LogP contribution in [0.25, 0.3) is 22.6 Å². The van der Waals surface area contributed by atoms with E-state index in [9.17, 15) is 0 Å². The van der Waals surface area contributed by atoms with Crippen molar-refractivity contribution in [1.29, 1.82) is 0 Å². The lowest BCUT2D eigenvalue weighted by Gasteiger charge is -2.39. The Balaban J connectivity index is 1.22. The molecule has 7 heterocycles. The molecule has 5 aromatic rings. The largest absolute Gasteiger partial charge is 0.478 e. The van der Waals surface area contributed by atoms with Crippen molar-refractivity contribution in [2.24, 2.45) is 4.99 Å². The van der Waals surface area contributed by atoms with E-state index < -0.39 is 0 Å². The SMILES string of the molecule is CN=Cc1c(N)sc2c1[C@@]1(CCC2)CCCc2c(-c3nc(N4CCCOc5[nH]ncc5[C@H]4C)c4cnn([C@@H](C)[C@@H]5CCCN5C)c4n3)noc21. The number of aliphatic imine (C=N–C) groups is 1. The fourth-order valence-electron chi connectivity index (χ4n) is 9.40. The summed E-state index contributed by atoms with van der Waals surface area (Å²) < 4.78 is 14.6. The highest BCUT2D eigenvalue weighted by Crippen LogP contribution is 2.55. The summed E-state index contributed by atoms with van der Waals surface area (Å²) >= 11 is 1.70. The second-order valence-electron chi connectivity index (χ2n) is 14.5. The Morgan fingerprint density at radius 2 is 2.00 bits per heavy atom. The monoisotopic (exact) mass is 695 g/mol. The number of anilines is 2. The second-order valence-corrected chi connectivity index (χ2v) is 15.7. The van der Waals surface area contributed by atoms with Gasteiger partial charge in [-0.25, -0.2) is 19.7 Å². The number of nitrogens with two attached hydrogens (primary N) is 1. The first-order valence-corrected chi connectivity index (χ1v) is 18.9. The zero-order valence-corrected chi connectivity index (χ0v) is 30.1. The van der Waals surface area contributed by atoms with Crippen LogP contribution in [0.2, 0.25) is 0 Å². The highest BCUT2D eigenvalue weighted by atomic mass is 32.1. The number of thiophene rings is 1. The Kier molecular flexibility index (Phi) is 7.72. The Hall–Kier alpha value is -4.30. The minimum atomic E-state index is -0.289. The minimum absolute atomic E-state index is 0.0467. The maximum Gasteiger partial charge on any atom is 0.214 e. The van der Waals surface area contributed by atoms with E-state index in [1.807, 2.05) is 25.7 Å². The van der Waals surface area contributed by atoms with Gasteiger partial charge in [-0.15, -0.1) is 11.3 Å². The maximum atomic E-state index is 6.62. The van der Waals surface area contributed by atoms with Crippen LogP contribution in [0.15, 0.2) is 21.9 Å². The third-order valence-corrected chi connectivity index (χ3v) is 12.9. The van der Waals surface area contributed by atoms with Crippen molar-refractivity contribution in [3.63, 3.8) is 0 Å². The summed E-state index contributed by atoms with van der Waals surface area (Å²) in [5.41, 5.74) is 12.3. The maximum absolute atomic E-state index is 6.62. The van der Waals surface area contributed by atoms with Crippen molar-refractivity contribution >= 4 is 39.4 Å². The molecule has 0 radical (unpaired) electrons. The number of hydrogen-bond donors (Lipinski definition) is 2. The minimum Gasteiger partial charge on any atom is -0.478 e. The van der Waals surface area contributed by atoms with Gasteiger partial charge in [0, 0.05) is 41.9 Å². The highest BCUT2D eigenvalue weighted by molar-refractivity contribution is 7.16. The molecule has 9 rings (SSSR count). The van der Waals surface area contributed by atoms with Crippen LogP contribution in [0.3, 0.4) is 0 Å². The van der Waals surface area contributed by atoms with Crippen molar-refractivity contribution in [2.75, 3.05) is 44.4 Å². The van der Waals surface area contributed by atoms with E-state index in [0.29, 0.717) is 24.4 Å². The quantitative estimate of drug-likeness (QED) is 0.214. The fraction of sp³-hybridized carbons (Fsp3) is 0.556. The first kappa shape index (κ1) is 31.7. The van der Waals surface area contributed by atoms with Crippen molar-refractivity contribution < 1.29 is 9.26 Å². The van der Waals surface area contributed by atoms with Crippen molar-refractivity contribution in [3.8, 4) is 17.4 Å². The van der Waals surface area contributed by atoms with Gasteiger partial charge in [0.2, 0.25) is 5.88 Å². The van der Waals surface area contributed by atoms with E-state index >= 15 is 0 Å². The third-order valence-electron chi connectivity index (χ3n) is 11.8. The normalized spacial score (nSPS) is 24.7. The van der Waals surface area contributed by atoms with Crippen molar-refractivity contribution in [3.05, 3.63) is 45.3 Å². The number of aromatic amines is 1. The van der Waals surface area contributed by atoms with Gasteiger partial charge in [-0.1, -0.05) is 5.16 Å². The molecule has 3 N–H and O–H groups in total. The van der Waals surface area contributed by atoms with Gasteiger partial charge in [-0.2, -0.15) is 10.2 Å². The van der Waals surface area contributed by atoms with Gasteiger partial charge in [0.05, 0.1) is 52.4 Å². The van der Waals surface area contributed by atoms with E-state index in [1.54, 1.807) is 11.3 Å². The first-order valence-electron chi connectivity index (χ1n) is 18.1. The third kappa shape index (κ3) is 4.74. The number of fused-ring (bicyclic) bond motifs is 6. The molecular formula is C36H45N11O2S. The van der Waals surface area contributed by atoms with Gasteiger partial charge in [0.1, 0.15) is 5.82 Å². The van der Waals surface area contributed by atoms with Crippen LogP contribution in [0.5, 0.6) is 5.88 Å². The molecule has 0 bridgehead atoms. The van der Waals surface area contributed by atoms with Crippen LogP contribution in [0.4, 0.5) is 10.8 Å². The number of likely N-dealkylation sites (tertiary alicyclic amines) is 1. The molecule has 2 aliphatic carbocycles. The van der Waals surface area contributed by atoms with Crippen LogP contribution >= 0.6 is 11.3 Å². The number of nitrogens with zero attached hydrogens (tertiary/aromatic N) is 9. The zero-order chi connectivity index (χ0) is 34.1. The fourth-order valence-corrected chi connectivity index (χ4v) is 10.6. The van der Waals surface area contributed by atoms with Crippen molar-refractivity contribution in [1.82, 2.24) is 40.0 Å². The molecule has 0 amide bonds. The number of aryl methyl sites for hydroxylation is 1. The Labute approximate surface area is 295 Å². The van der Waals surface area contributed by atoms with Crippen LogP contribution in [0, 0.1) is 0 Å². The lowest BCUT2D eigenvalue weighted by Crippen LogP contribution is -2.35. The summed E-state index contributed by atoms with van der Waals surface area (Å²) in [6.07, 6.45) is 14.9. The van der Waals surface area contributed by atoms with Crippen LogP contribution in [-0.4, -0.2) is 86.1 Å². The van der Waals surface area contributed by atoms with Gasteiger partial charge in [0.25, 0.3) is 0 Å². The number of rotatable bonds is 5. The van der Waals surface area contributed by atoms with Gasteiger partial charge >= 0.3 is 0 Å². The van der Waals surface area contributed by atoms with Gasteiger partial charge in [0.15, 0.2) is 22.9 Å². The summed E-state index contributed by atoms with van der Waals surface area (Å²) in [5, 5.41) is 19.0. The molecule has 0 unspecified atom stereocenters. The lowest BCUT2D eigenvalue weighted by molar-refractivity contribution is 0.232. The Morgan fingerprint density at radius 3 is 2.82 bits per heavy atom. The van der Waals surface area contributed by atoms with Crippen LogP contribution < -0.4 is 15.4 Å². The smallest absolute Gasteiger partial charge is 0.214 e. The van der Waals surface area contributed by atoms with Gasteiger partial charge in [-0.3, -0.25) is 4.99 Å². The second kappa shape index (κ2) is 12.2. The number of likely N-dealkylation sites (N-methyl/N-ethyl adjacent to an activating group) is 1. The first-order chi connectivity index (χ1) is 24.4. The summed E-state index contributed by atoms with van der Waals surface area (Å²) in [6.45, 7) is 6.88. The summed E-state index contributed by atoms with van der Waals surface area (Å²) in [7, 11) is 4.03. The predicted molar refractivity (Wildman–Crippen MR) is 195 cm³/mol. The molecule has 4 atom stereocenters. The van der Waals surface area contributed by atoms with Gasteiger partial charge < -0.3 is 24.8 Å². The number of nitrogen functional groups attached to an aromatic ring is 1. The summed E-state index contributed by atoms with van der Waals surface area (Å²) in [4.78, 5) is 21.3. The highest BCUT2D eigenvalue weighted by Gasteiger charge is 2.48. The van der Waals surface area contributed by atoms with E-state index in [1.165, 1.54) is 16.9 Å². The lowest BCUT2D eigenvalue weighted by atomic mass is 9.63. The zero-order valence-electron chi connectivity index (χ0n) is 29.3. The molecule has 0 aromatic carbocycles. The molecule has 2 aliphatic heterocycles. The van der Waals surface area contributed by atoms with Crippen LogP contribution in [-0.2, 0) is 18.3 Å². The van der Waals surface area contributed by atoms with Crippen molar-refractivity contribution in [2.45, 2.75) is 95.2 Å². The van der Waals surface area contributed by atoms with Gasteiger partial charge in [-0.05, 0) is 90.8 Å². The summed E-state index contributed by atoms with van der Waals surface area (Å²) in [6, 6.07) is 0.465. The Bertz CT molecular complexity index is 2090. The predicted octanol–water partition coefficient (Wildman–Crippen LogP) is 5.86. The summed E-state index contributed by atoms with van der Waals surface area (Å²) in [5.74, 6) is 3.09. The number of hydrogen-bond acceptors (Lipinski definition) is 12. The number of ether oxygens (including phenoxy) is 1. The molecule has 1 fully saturated rings. The topological polar surface area (TPSA) is 152 Å². The molecule has 0 saturated carbocycles. The number of H-pyrrole nitrogens is 1. The molecule has 14 heteroatoms. The molecular weight excluding hydrogens is 651 g/mol. The molecule has 262 valence electrons. The molecule has 5 aromatic heterocycles. The molecule has 4 aliphatic rings. The van der Waals surface area contributed by atoms with E-state index in [2.05, 4.69) is 50.6 Å². The average Bonchev–Trinajstić information content (AvgIpc) is 3.95. The number of aromatic nitrogens is 7. The Morgan fingerprint density at radius 1 is 1.14 bits per heavy atom. The average molecular weight is 696 g/mol. The molecule has 1 saturated heterocycles. The van der Waals surface area contributed by atoms with E-state index in [0.717, 1.165) is 114 Å². The van der Waals surface area contributed by atoms with E-state index in [4.69, 9.17) is 35.2 Å². The number of nitrogens with one attached hydrogen (secondary N) is 1.